The van der Waals surface area contributed by atoms with Crippen molar-refractivity contribution in [3.8, 4) is 22.5 Å². The standard InChI is InChI=1S/C17H13FN4O.C6H7N/c18-14-7-9(19)1-2-11(14)10-3-4-12(16-20-5-6-21-16)15-13(10)8-22-17(15)23;7-6-4-2-1-3-5-6/h1-7H,8,19H2,(H,20,21)(H,22,23);1-5H,7H2. The van der Waals surface area contributed by atoms with E-state index in [2.05, 4.69) is 15.3 Å². The number of nitrogens with one attached hydrogen (secondary N) is 2. The number of fused-ring (bicyclic) bond motifs is 1. The van der Waals surface area contributed by atoms with Gasteiger partial charge in [0.15, 0.2) is 0 Å². The van der Waals surface area contributed by atoms with Crippen LogP contribution in [-0.2, 0) is 6.54 Å². The normalized spacial score (nSPS) is 12.0. The van der Waals surface area contributed by atoms with E-state index in [-0.39, 0.29) is 5.91 Å². The van der Waals surface area contributed by atoms with Crippen LogP contribution in [0.3, 0.4) is 0 Å². The molecule has 150 valence electrons. The van der Waals surface area contributed by atoms with Gasteiger partial charge in [-0.25, -0.2) is 9.37 Å². The molecule has 0 saturated carbocycles. The molecule has 2 heterocycles. The summed E-state index contributed by atoms with van der Waals surface area (Å²) in [5, 5.41) is 2.80. The summed E-state index contributed by atoms with van der Waals surface area (Å²) in [4.78, 5) is 19.4. The Bertz CT molecular complexity index is 1190. The Kier molecular flexibility index (Phi) is 5.17. The summed E-state index contributed by atoms with van der Waals surface area (Å²) in [6.07, 6.45) is 3.32. The van der Waals surface area contributed by atoms with Crippen molar-refractivity contribution in [1.29, 1.82) is 0 Å². The van der Waals surface area contributed by atoms with Gasteiger partial charge in [0.2, 0.25) is 0 Å². The van der Waals surface area contributed by atoms with Crippen LogP contribution in [0.15, 0.2) is 73.1 Å². The molecule has 7 heteroatoms. The molecular formula is C23H20FN5O. The topological polar surface area (TPSA) is 110 Å². The number of carbonyl (C=O) groups is 1. The van der Waals surface area contributed by atoms with Gasteiger partial charge in [-0.15, -0.1) is 0 Å². The number of para-hydroxylation sites is 1. The fourth-order valence-corrected chi connectivity index (χ4v) is 3.41. The molecule has 0 spiro atoms. The number of amides is 1. The van der Waals surface area contributed by atoms with Crippen molar-refractivity contribution in [1.82, 2.24) is 15.3 Å². The van der Waals surface area contributed by atoms with E-state index in [1.807, 2.05) is 36.4 Å². The Labute approximate surface area is 172 Å². The molecular weight excluding hydrogens is 381 g/mol. The highest BCUT2D eigenvalue weighted by Crippen LogP contribution is 2.36. The van der Waals surface area contributed by atoms with Crippen LogP contribution < -0.4 is 16.8 Å². The Morgan fingerprint density at radius 2 is 1.63 bits per heavy atom. The lowest BCUT2D eigenvalue weighted by Gasteiger charge is -2.11. The van der Waals surface area contributed by atoms with Gasteiger partial charge in [-0.3, -0.25) is 4.79 Å². The van der Waals surface area contributed by atoms with Gasteiger partial charge < -0.3 is 21.8 Å². The van der Waals surface area contributed by atoms with Crippen LogP contribution in [0.4, 0.5) is 15.8 Å². The zero-order valence-electron chi connectivity index (χ0n) is 16.0. The number of anilines is 2. The lowest BCUT2D eigenvalue weighted by molar-refractivity contribution is 0.0966. The van der Waals surface area contributed by atoms with Gasteiger partial charge in [-0.2, -0.15) is 0 Å². The zero-order valence-corrected chi connectivity index (χ0v) is 16.0. The first-order valence-corrected chi connectivity index (χ1v) is 9.34. The largest absolute Gasteiger partial charge is 0.399 e. The predicted molar refractivity (Wildman–Crippen MR) is 116 cm³/mol. The first-order valence-electron chi connectivity index (χ1n) is 9.34. The van der Waals surface area contributed by atoms with Gasteiger partial charge in [0.25, 0.3) is 5.91 Å². The molecule has 1 amide bonds. The van der Waals surface area contributed by atoms with Crippen molar-refractivity contribution < 1.29 is 9.18 Å². The summed E-state index contributed by atoms with van der Waals surface area (Å²) in [6, 6.07) is 17.7. The lowest BCUT2D eigenvalue weighted by atomic mass is 9.92. The maximum absolute atomic E-state index is 14.3. The first kappa shape index (κ1) is 19.2. The van der Waals surface area contributed by atoms with Crippen LogP contribution >= 0.6 is 0 Å². The molecule has 0 bridgehead atoms. The van der Waals surface area contributed by atoms with Crippen LogP contribution in [-0.4, -0.2) is 15.9 Å². The minimum atomic E-state index is -0.405. The van der Waals surface area contributed by atoms with Crippen molar-refractivity contribution in [2.45, 2.75) is 6.54 Å². The van der Waals surface area contributed by atoms with E-state index in [0.29, 0.717) is 40.3 Å². The second-order valence-corrected chi connectivity index (χ2v) is 6.78. The van der Waals surface area contributed by atoms with Crippen LogP contribution in [0.25, 0.3) is 22.5 Å². The predicted octanol–water partition coefficient (Wildman–Crippen LogP) is 3.98. The number of benzene rings is 3. The number of halogens is 1. The van der Waals surface area contributed by atoms with Crippen LogP contribution in [0.2, 0.25) is 0 Å². The highest BCUT2D eigenvalue weighted by molar-refractivity contribution is 6.06. The van der Waals surface area contributed by atoms with Crippen molar-refractivity contribution >= 4 is 17.3 Å². The molecule has 1 aliphatic heterocycles. The molecule has 0 radical (unpaired) electrons. The molecule has 4 aromatic rings. The number of carbonyl (C=O) groups excluding carboxylic acids is 1. The minimum absolute atomic E-state index is 0.177. The summed E-state index contributed by atoms with van der Waals surface area (Å²) in [6.45, 7) is 0.363. The third-order valence-electron chi connectivity index (χ3n) is 4.80. The van der Waals surface area contributed by atoms with Crippen molar-refractivity contribution in [2.75, 3.05) is 11.5 Å². The van der Waals surface area contributed by atoms with Gasteiger partial charge in [0.05, 0.1) is 5.56 Å². The van der Waals surface area contributed by atoms with Gasteiger partial charge >= 0.3 is 0 Å². The molecule has 3 aromatic carbocycles. The third-order valence-corrected chi connectivity index (χ3v) is 4.80. The third kappa shape index (κ3) is 3.73. The molecule has 30 heavy (non-hydrogen) atoms. The number of aromatic amines is 1. The molecule has 1 aromatic heterocycles. The Morgan fingerprint density at radius 3 is 2.27 bits per heavy atom. The maximum Gasteiger partial charge on any atom is 0.252 e. The molecule has 6 N–H and O–H groups in total. The zero-order chi connectivity index (χ0) is 21.1. The summed E-state index contributed by atoms with van der Waals surface area (Å²) in [7, 11) is 0. The SMILES string of the molecule is Nc1ccc(-c2ccc(-c3ncc[nH]3)c3c2CNC3=O)c(F)c1.Nc1ccccc1. The molecule has 0 fully saturated rings. The summed E-state index contributed by atoms with van der Waals surface area (Å²) in [5.41, 5.74) is 15.3. The van der Waals surface area contributed by atoms with Gasteiger partial charge in [-0.1, -0.05) is 24.3 Å². The van der Waals surface area contributed by atoms with Crippen molar-refractivity contribution in [2.24, 2.45) is 0 Å². The van der Waals surface area contributed by atoms with Crippen LogP contribution in [0, 0.1) is 5.82 Å². The molecule has 0 aliphatic carbocycles. The van der Waals surface area contributed by atoms with Gasteiger partial charge in [-0.05, 0) is 47.5 Å². The number of nitrogens with zero attached hydrogens (tertiary/aromatic N) is 1. The van der Waals surface area contributed by atoms with Crippen LogP contribution in [0.1, 0.15) is 15.9 Å². The monoisotopic (exact) mass is 401 g/mol. The Hall–Kier alpha value is -4.13. The molecule has 0 atom stereocenters. The van der Waals surface area contributed by atoms with E-state index < -0.39 is 5.82 Å². The van der Waals surface area contributed by atoms with Gasteiger partial charge in [0.1, 0.15) is 11.6 Å². The quantitative estimate of drug-likeness (QED) is 0.381. The number of hydrogen-bond donors (Lipinski definition) is 4. The lowest BCUT2D eigenvalue weighted by Crippen LogP contribution is -2.13. The fraction of sp³-hybridized carbons (Fsp3) is 0.0435. The number of imidazole rings is 1. The van der Waals surface area contributed by atoms with Crippen molar-refractivity contribution in [3.05, 3.63) is 90.0 Å². The molecule has 1 aliphatic rings. The molecule has 5 rings (SSSR count). The van der Waals surface area contributed by atoms with E-state index in [9.17, 15) is 9.18 Å². The van der Waals surface area contributed by atoms with Gasteiger partial charge in [0, 0.05) is 41.4 Å². The smallest absolute Gasteiger partial charge is 0.252 e. The second-order valence-electron chi connectivity index (χ2n) is 6.78. The maximum atomic E-state index is 14.3. The Morgan fingerprint density at radius 1 is 0.900 bits per heavy atom. The molecule has 0 unspecified atom stereocenters. The number of nitrogens with two attached hydrogens (primary N) is 2. The molecule has 6 nitrogen and oxygen atoms in total. The summed E-state index contributed by atoms with van der Waals surface area (Å²) >= 11 is 0. The minimum Gasteiger partial charge on any atom is -0.399 e. The summed E-state index contributed by atoms with van der Waals surface area (Å²) < 4.78 is 14.3. The van der Waals surface area contributed by atoms with Crippen LogP contribution in [0.5, 0.6) is 0 Å². The fourth-order valence-electron chi connectivity index (χ4n) is 3.41. The molecule has 0 saturated heterocycles. The van der Waals surface area contributed by atoms with Crippen molar-refractivity contribution in [3.63, 3.8) is 0 Å². The number of H-pyrrole nitrogens is 1. The number of aromatic nitrogens is 2. The highest BCUT2D eigenvalue weighted by Gasteiger charge is 2.27. The van der Waals surface area contributed by atoms with E-state index in [1.165, 1.54) is 6.07 Å². The number of rotatable bonds is 2. The van der Waals surface area contributed by atoms with E-state index in [0.717, 1.165) is 11.3 Å². The van der Waals surface area contributed by atoms with E-state index in [1.54, 1.807) is 30.6 Å². The average Bonchev–Trinajstić information content (AvgIpc) is 3.40. The van der Waals surface area contributed by atoms with E-state index >= 15 is 0 Å². The number of hydrogen-bond acceptors (Lipinski definition) is 4. The first-order chi connectivity index (χ1) is 14.5. The highest BCUT2D eigenvalue weighted by atomic mass is 19.1. The Balaban J connectivity index is 0.000000265. The average molecular weight is 401 g/mol. The summed E-state index contributed by atoms with van der Waals surface area (Å²) in [5.74, 6) is 0.0315. The van der Waals surface area contributed by atoms with E-state index in [4.69, 9.17) is 11.5 Å². The second kappa shape index (κ2) is 8.08. The number of nitrogen functional groups attached to an aromatic ring is 2.